The summed E-state index contributed by atoms with van der Waals surface area (Å²) in [6, 6.07) is 16.0. The van der Waals surface area contributed by atoms with E-state index in [-0.39, 0.29) is 11.3 Å². The van der Waals surface area contributed by atoms with Crippen molar-refractivity contribution in [2.45, 2.75) is 89.5 Å². The smallest absolute Gasteiger partial charge is 0.408 e. The highest BCUT2D eigenvalue weighted by Crippen LogP contribution is 2.27. The third kappa shape index (κ3) is 10.8. The molecule has 192 valence electrons. The first kappa shape index (κ1) is 28.8. The van der Waals surface area contributed by atoms with Crippen LogP contribution < -0.4 is 5.32 Å². The summed E-state index contributed by atoms with van der Waals surface area (Å²) >= 11 is 1.74. The number of benzene rings is 2. The Labute approximate surface area is 215 Å². The zero-order valence-electron chi connectivity index (χ0n) is 22.4. The van der Waals surface area contributed by atoms with Crippen LogP contribution in [0.3, 0.4) is 0 Å². The summed E-state index contributed by atoms with van der Waals surface area (Å²) < 4.78 is 10.8. The number of alkyl carbamates (subject to hydrolysis) is 1. The lowest BCUT2D eigenvalue weighted by Gasteiger charge is -2.23. The summed E-state index contributed by atoms with van der Waals surface area (Å²) in [7, 11) is 0. The van der Waals surface area contributed by atoms with Crippen molar-refractivity contribution in [3.63, 3.8) is 0 Å². The lowest BCUT2D eigenvalue weighted by atomic mass is 9.87. The van der Waals surface area contributed by atoms with Gasteiger partial charge in [0.2, 0.25) is 0 Å². The van der Waals surface area contributed by atoms with Gasteiger partial charge in [-0.2, -0.15) is 0 Å². The summed E-state index contributed by atoms with van der Waals surface area (Å²) in [4.78, 5) is 26.2. The Hall–Kier alpha value is -2.47. The van der Waals surface area contributed by atoms with Gasteiger partial charge in [-0.3, -0.25) is 0 Å². The number of carbonyl (C=O) groups excluding carboxylic acids is 2. The summed E-state index contributed by atoms with van der Waals surface area (Å²) in [6.45, 7) is 16.3. The van der Waals surface area contributed by atoms with Crippen molar-refractivity contribution >= 4 is 23.8 Å². The van der Waals surface area contributed by atoms with Gasteiger partial charge in [0.1, 0.15) is 11.6 Å². The number of ether oxygens (including phenoxy) is 2. The molecule has 0 aliphatic carbocycles. The number of hydrogen-bond donors (Lipinski definition) is 1. The van der Waals surface area contributed by atoms with Crippen LogP contribution in [0.5, 0.6) is 0 Å². The second-order valence-corrected chi connectivity index (χ2v) is 12.4. The van der Waals surface area contributed by atoms with Crippen LogP contribution >= 0.6 is 11.8 Å². The Morgan fingerprint density at radius 1 is 0.943 bits per heavy atom. The van der Waals surface area contributed by atoms with Crippen molar-refractivity contribution < 1.29 is 19.1 Å². The van der Waals surface area contributed by atoms with Crippen LogP contribution in [0.15, 0.2) is 53.4 Å². The molecule has 0 unspecified atom stereocenters. The highest BCUT2D eigenvalue weighted by molar-refractivity contribution is 7.98. The van der Waals surface area contributed by atoms with Crippen LogP contribution in [0.1, 0.15) is 72.1 Å². The predicted octanol–water partition coefficient (Wildman–Crippen LogP) is 6.91. The zero-order chi connectivity index (χ0) is 26.2. The van der Waals surface area contributed by atoms with E-state index in [1.54, 1.807) is 32.5 Å². The number of nitrogens with one attached hydrogen (secondary N) is 1. The molecule has 0 aliphatic rings. The molecule has 0 radical (unpaired) electrons. The summed E-state index contributed by atoms with van der Waals surface area (Å²) in [6.07, 6.45) is -0.307. The van der Waals surface area contributed by atoms with Crippen LogP contribution in [0.25, 0.3) is 0 Å². The van der Waals surface area contributed by atoms with E-state index >= 15 is 0 Å². The molecular formula is C29H41NO4S. The fraction of sp³-hybridized carbons (Fsp3) is 0.517. The van der Waals surface area contributed by atoms with Gasteiger partial charge in [-0.05, 0) is 60.9 Å². The van der Waals surface area contributed by atoms with Crippen LogP contribution in [0.4, 0.5) is 4.79 Å². The van der Waals surface area contributed by atoms with Crippen molar-refractivity contribution in [3.8, 4) is 0 Å². The highest BCUT2D eigenvalue weighted by Gasteiger charge is 2.26. The van der Waals surface area contributed by atoms with E-state index in [9.17, 15) is 9.59 Å². The van der Waals surface area contributed by atoms with E-state index in [4.69, 9.17) is 9.47 Å². The lowest BCUT2D eigenvalue weighted by molar-refractivity contribution is -0.147. The Morgan fingerprint density at radius 3 is 2.17 bits per heavy atom. The van der Waals surface area contributed by atoms with E-state index in [2.05, 4.69) is 62.5 Å². The van der Waals surface area contributed by atoms with Crippen molar-refractivity contribution in [3.05, 3.63) is 65.2 Å². The third-order valence-electron chi connectivity index (χ3n) is 5.10. The quantitative estimate of drug-likeness (QED) is 0.300. The molecule has 2 rings (SSSR count). The Bertz CT molecular complexity index is 971. The molecule has 0 bridgehead atoms. The first-order valence-corrected chi connectivity index (χ1v) is 13.2. The van der Waals surface area contributed by atoms with Gasteiger partial charge in [-0.1, -0.05) is 71.0 Å². The average Bonchev–Trinajstić information content (AvgIpc) is 2.74. The molecule has 35 heavy (non-hydrogen) atoms. The van der Waals surface area contributed by atoms with Crippen LogP contribution in [-0.4, -0.2) is 30.3 Å². The monoisotopic (exact) mass is 499 g/mol. The first-order valence-electron chi connectivity index (χ1n) is 12.2. The van der Waals surface area contributed by atoms with E-state index in [1.165, 1.54) is 11.1 Å². The van der Waals surface area contributed by atoms with Gasteiger partial charge in [-0.25, -0.2) is 9.59 Å². The summed E-state index contributed by atoms with van der Waals surface area (Å²) in [5.41, 5.74) is 3.01. The number of carbonyl (C=O) groups is 2. The molecule has 6 heteroatoms. The fourth-order valence-electron chi connectivity index (χ4n) is 3.26. The van der Waals surface area contributed by atoms with Crippen molar-refractivity contribution in [2.24, 2.45) is 5.92 Å². The second kappa shape index (κ2) is 12.5. The Morgan fingerprint density at radius 2 is 1.60 bits per heavy atom. The number of rotatable bonds is 9. The van der Waals surface area contributed by atoms with E-state index in [1.807, 2.05) is 26.0 Å². The average molecular weight is 500 g/mol. The number of amides is 1. The topological polar surface area (TPSA) is 64.6 Å². The van der Waals surface area contributed by atoms with Gasteiger partial charge in [0, 0.05) is 17.1 Å². The number of hydrogen-bond acceptors (Lipinski definition) is 5. The van der Waals surface area contributed by atoms with E-state index < -0.39 is 23.7 Å². The van der Waals surface area contributed by atoms with Gasteiger partial charge >= 0.3 is 12.1 Å². The maximum absolute atomic E-state index is 12.7. The van der Waals surface area contributed by atoms with Gasteiger partial charge in [0.25, 0.3) is 0 Å². The standard InChI is InChI=1S/C29H41NO4S/c1-20(2)18-33-26(31)25(30-27(32)34-29(6,7)8)17-22-10-9-11-24(16-22)35-19-21-12-14-23(15-13-21)28(3,4)5/h9-16,20,25H,17-19H2,1-8H3,(H,30,32)/t25-/m0/s1. The fourth-order valence-corrected chi connectivity index (χ4v) is 4.19. The molecule has 0 spiro atoms. The molecule has 0 saturated heterocycles. The van der Waals surface area contributed by atoms with Gasteiger partial charge in [0.15, 0.2) is 0 Å². The molecule has 0 saturated carbocycles. The van der Waals surface area contributed by atoms with Gasteiger partial charge in [0.05, 0.1) is 6.61 Å². The molecule has 2 aromatic rings. The van der Waals surface area contributed by atoms with E-state index in [0.29, 0.717) is 13.0 Å². The molecule has 1 atom stereocenters. The second-order valence-electron chi connectivity index (χ2n) is 11.3. The van der Waals surface area contributed by atoms with Crippen molar-refractivity contribution in [1.29, 1.82) is 0 Å². The molecule has 0 heterocycles. The molecule has 1 amide bonds. The maximum atomic E-state index is 12.7. The Balaban J connectivity index is 2.07. The molecule has 5 nitrogen and oxygen atoms in total. The number of thioether (sulfide) groups is 1. The van der Waals surface area contributed by atoms with Crippen LogP contribution in [-0.2, 0) is 31.9 Å². The van der Waals surface area contributed by atoms with Crippen LogP contribution in [0, 0.1) is 5.92 Å². The summed E-state index contributed by atoms with van der Waals surface area (Å²) in [5, 5.41) is 2.70. The van der Waals surface area contributed by atoms with Crippen LogP contribution in [0.2, 0.25) is 0 Å². The largest absolute Gasteiger partial charge is 0.464 e. The number of esters is 1. The molecule has 2 aromatic carbocycles. The van der Waals surface area contributed by atoms with Gasteiger partial charge < -0.3 is 14.8 Å². The molecular weight excluding hydrogens is 458 g/mol. The minimum atomic E-state index is -0.825. The molecule has 0 aromatic heterocycles. The Kier molecular flexibility index (Phi) is 10.3. The SMILES string of the molecule is CC(C)COC(=O)[C@H](Cc1cccc(SCc2ccc(C(C)(C)C)cc2)c1)NC(=O)OC(C)(C)C. The minimum Gasteiger partial charge on any atom is -0.464 e. The normalized spacial score (nSPS) is 12.8. The minimum absolute atomic E-state index is 0.139. The molecule has 1 N–H and O–H groups in total. The third-order valence-corrected chi connectivity index (χ3v) is 6.16. The highest BCUT2D eigenvalue weighted by atomic mass is 32.2. The van der Waals surface area contributed by atoms with Gasteiger partial charge in [-0.15, -0.1) is 11.8 Å². The maximum Gasteiger partial charge on any atom is 0.408 e. The van der Waals surface area contributed by atoms with E-state index in [0.717, 1.165) is 16.2 Å². The molecule has 0 fully saturated rings. The first-order chi connectivity index (χ1) is 16.2. The predicted molar refractivity (Wildman–Crippen MR) is 144 cm³/mol. The lowest BCUT2D eigenvalue weighted by Crippen LogP contribution is -2.45. The summed E-state index contributed by atoms with van der Waals surface area (Å²) in [5.74, 6) is 0.601. The zero-order valence-corrected chi connectivity index (χ0v) is 23.3. The molecule has 0 aliphatic heterocycles. The van der Waals surface area contributed by atoms with Crippen molar-refractivity contribution in [1.82, 2.24) is 5.32 Å². The van der Waals surface area contributed by atoms with Crippen molar-refractivity contribution in [2.75, 3.05) is 6.61 Å².